The van der Waals surface area contributed by atoms with Gasteiger partial charge in [0.05, 0.1) is 13.2 Å². The Balaban J connectivity index is 1.75. The summed E-state index contributed by atoms with van der Waals surface area (Å²) < 4.78 is 7.09. The van der Waals surface area contributed by atoms with Crippen molar-refractivity contribution < 1.29 is 19.4 Å². The number of amides is 2. The highest BCUT2D eigenvalue weighted by atomic mass is 16.6. The predicted molar refractivity (Wildman–Crippen MR) is 83.6 cm³/mol. The molecule has 2 aromatic rings. The summed E-state index contributed by atoms with van der Waals surface area (Å²) in [6.45, 7) is 1.59. The van der Waals surface area contributed by atoms with Crippen LogP contribution in [0.1, 0.15) is 10.5 Å². The maximum absolute atomic E-state index is 12.3. The number of ether oxygens (including phenoxy) is 1. The van der Waals surface area contributed by atoms with Gasteiger partial charge in [-0.2, -0.15) is 0 Å². The molecule has 0 aliphatic carbocycles. The number of carbonyl (C=O) groups excluding carboxylic acids is 2. The molecule has 3 heterocycles. The average Bonchev–Trinajstić information content (AvgIpc) is 3.11. The minimum absolute atomic E-state index is 0.00919. The van der Waals surface area contributed by atoms with Gasteiger partial charge in [0, 0.05) is 36.7 Å². The fraction of sp³-hybridized carbons (Fsp3) is 0.375. The number of benzene rings is 1. The molecule has 0 radical (unpaired) electrons. The molecule has 2 aliphatic heterocycles. The van der Waals surface area contributed by atoms with Gasteiger partial charge in [-0.25, -0.2) is 4.79 Å². The number of hydrogen-bond acceptors (Lipinski definition) is 4. The van der Waals surface area contributed by atoms with E-state index < -0.39 is 12.2 Å². The molecule has 1 aromatic carbocycles. The number of carbonyl (C=O) groups is 2. The van der Waals surface area contributed by atoms with Gasteiger partial charge in [0.15, 0.2) is 0 Å². The number of hydrogen-bond donors (Lipinski definition) is 1. The zero-order valence-corrected chi connectivity index (χ0v) is 12.7. The highest BCUT2D eigenvalue weighted by Gasteiger charge is 2.32. The maximum Gasteiger partial charge on any atom is 0.414 e. The van der Waals surface area contributed by atoms with Gasteiger partial charge in [-0.3, -0.25) is 9.69 Å². The molecule has 0 spiro atoms. The zero-order chi connectivity index (χ0) is 16.1. The summed E-state index contributed by atoms with van der Waals surface area (Å²) in [5, 5.41) is 10.1. The molecule has 0 saturated carbocycles. The van der Waals surface area contributed by atoms with Crippen LogP contribution in [-0.2, 0) is 11.3 Å². The first kappa shape index (κ1) is 14.1. The summed E-state index contributed by atoms with van der Waals surface area (Å²) in [5.41, 5.74) is 2.36. The minimum Gasteiger partial charge on any atom is -0.441 e. The third-order valence-electron chi connectivity index (χ3n) is 4.50. The van der Waals surface area contributed by atoms with Crippen LogP contribution in [0.2, 0.25) is 0 Å². The summed E-state index contributed by atoms with van der Waals surface area (Å²) in [5.74, 6) is 0.00919. The fourth-order valence-electron chi connectivity index (χ4n) is 3.22. The van der Waals surface area contributed by atoms with E-state index in [4.69, 9.17) is 9.84 Å². The molecule has 4 rings (SSSR count). The SMILES string of the molecule is CN1CCn2c(cc3cc(N4C[C@H](CO)OC4=O)ccc32)C1=O. The smallest absolute Gasteiger partial charge is 0.414 e. The number of fused-ring (bicyclic) bond motifs is 3. The van der Waals surface area contributed by atoms with E-state index in [0.717, 1.165) is 17.4 Å². The second kappa shape index (κ2) is 4.99. The third-order valence-corrected chi connectivity index (χ3v) is 4.50. The highest BCUT2D eigenvalue weighted by Crippen LogP contribution is 2.29. The van der Waals surface area contributed by atoms with Crippen LogP contribution >= 0.6 is 0 Å². The van der Waals surface area contributed by atoms with Crippen LogP contribution in [0.3, 0.4) is 0 Å². The molecule has 1 atom stereocenters. The fourth-order valence-corrected chi connectivity index (χ4v) is 3.22. The molecule has 2 amide bonds. The van der Waals surface area contributed by atoms with Crippen LogP contribution in [0, 0.1) is 0 Å². The first-order chi connectivity index (χ1) is 11.1. The standard InChI is InChI=1S/C16H17N3O4/c1-17-4-5-18-13-3-2-11(6-10(13)7-14(18)15(17)21)19-8-12(9-20)23-16(19)22/h2-3,6-7,12,20H,4-5,8-9H2,1H3/t12-/m1/s1. The van der Waals surface area contributed by atoms with E-state index in [-0.39, 0.29) is 12.5 Å². The Kier molecular flexibility index (Phi) is 3.05. The number of nitrogens with zero attached hydrogens (tertiary/aromatic N) is 3. The summed E-state index contributed by atoms with van der Waals surface area (Å²) in [4.78, 5) is 27.4. The van der Waals surface area contributed by atoms with Crippen molar-refractivity contribution >= 4 is 28.6 Å². The van der Waals surface area contributed by atoms with Crippen molar-refractivity contribution in [3.05, 3.63) is 30.0 Å². The van der Waals surface area contributed by atoms with Crippen LogP contribution in [0.5, 0.6) is 0 Å². The van der Waals surface area contributed by atoms with E-state index in [1.165, 1.54) is 4.90 Å². The van der Waals surface area contributed by atoms with Crippen molar-refractivity contribution in [3.63, 3.8) is 0 Å². The monoisotopic (exact) mass is 315 g/mol. The van der Waals surface area contributed by atoms with Crippen LogP contribution in [0.4, 0.5) is 10.5 Å². The molecule has 1 aromatic heterocycles. The van der Waals surface area contributed by atoms with Crippen molar-refractivity contribution in [1.29, 1.82) is 0 Å². The van der Waals surface area contributed by atoms with Crippen LogP contribution in [0.25, 0.3) is 10.9 Å². The molecule has 1 saturated heterocycles. The lowest BCUT2D eigenvalue weighted by molar-refractivity contribution is 0.0751. The number of cyclic esters (lactones) is 1. The Morgan fingerprint density at radius 2 is 2.09 bits per heavy atom. The molecular formula is C16H17N3O4. The van der Waals surface area contributed by atoms with Gasteiger partial charge in [0.25, 0.3) is 5.91 Å². The summed E-state index contributed by atoms with van der Waals surface area (Å²) in [6, 6.07) is 7.52. The van der Waals surface area contributed by atoms with Crippen molar-refractivity contribution in [2.24, 2.45) is 0 Å². The number of aliphatic hydroxyl groups is 1. The topological polar surface area (TPSA) is 75.0 Å². The lowest BCUT2D eigenvalue weighted by atomic mass is 10.2. The van der Waals surface area contributed by atoms with Gasteiger partial charge in [-0.15, -0.1) is 0 Å². The Labute approximate surface area is 132 Å². The summed E-state index contributed by atoms with van der Waals surface area (Å²) in [6.07, 6.45) is -0.946. The van der Waals surface area contributed by atoms with Gasteiger partial charge < -0.3 is 19.3 Å². The highest BCUT2D eigenvalue weighted by molar-refractivity contribution is 6.01. The summed E-state index contributed by atoms with van der Waals surface area (Å²) >= 11 is 0. The molecular weight excluding hydrogens is 298 g/mol. The second-order valence-electron chi connectivity index (χ2n) is 5.95. The van der Waals surface area contributed by atoms with Crippen molar-refractivity contribution in [2.75, 3.05) is 31.6 Å². The third kappa shape index (κ3) is 2.08. The van der Waals surface area contributed by atoms with Crippen molar-refractivity contribution in [3.8, 4) is 0 Å². The van der Waals surface area contributed by atoms with Gasteiger partial charge in [-0.1, -0.05) is 0 Å². The molecule has 1 N–H and O–H groups in total. The zero-order valence-electron chi connectivity index (χ0n) is 12.7. The van der Waals surface area contributed by atoms with Gasteiger partial charge >= 0.3 is 6.09 Å². The van der Waals surface area contributed by atoms with Gasteiger partial charge in [0.2, 0.25) is 0 Å². The normalized spacial score (nSPS) is 21.0. The first-order valence-electron chi connectivity index (χ1n) is 7.56. The van der Waals surface area contributed by atoms with E-state index >= 15 is 0 Å². The number of likely N-dealkylation sites (N-methyl/N-ethyl adjacent to an activating group) is 1. The molecule has 0 unspecified atom stereocenters. The Bertz CT molecular complexity index is 813. The van der Waals surface area contributed by atoms with Crippen LogP contribution < -0.4 is 4.90 Å². The maximum atomic E-state index is 12.3. The molecule has 7 heteroatoms. The Morgan fingerprint density at radius 1 is 1.26 bits per heavy atom. The average molecular weight is 315 g/mol. The quantitative estimate of drug-likeness (QED) is 0.899. The van der Waals surface area contributed by atoms with Gasteiger partial charge in [-0.05, 0) is 24.3 Å². The molecule has 2 aliphatic rings. The second-order valence-corrected chi connectivity index (χ2v) is 5.95. The number of aromatic nitrogens is 1. The predicted octanol–water partition coefficient (Wildman–Crippen LogP) is 1.04. The largest absolute Gasteiger partial charge is 0.441 e. The van der Waals surface area contributed by atoms with Crippen molar-refractivity contribution in [2.45, 2.75) is 12.6 Å². The Morgan fingerprint density at radius 3 is 2.83 bits per heavy atom. The first-order valence-corrected chi connectivity index (χ1v) is 7.56. The molecule has 7 nitrogen and oxygen atoms in total. The number of aliphatic hydroxyl groups excluding tert-OH is 1. The summed E-state index contributed by atoms with van der Waals surface area (Å²) in [7, 11) is 1.80. The molecule has 1 fully saturated rings. The van der Waals surface area contributed by atoms with E-state index in [9.17, 15) is 9.59 Å². The van der Waals surface area contributed by atoms with E-state index in [0.29, 0.717) is 24.5 Å². The lowest BCUT2D eigenvalue weighted by Crippen LogP contribution is -2.36. The molecule has 23 heavy (non-hydrogen) atoms. The lowest BCUT2D eigenvalue weighted by Gasteiger charge is -2.24. The van der Waals surface area contributed by atoms with E-state index in [1.54, 1.807) is 11.9 Å². The minimum atomic E-state index is -0.490. The van der Waals surface area contributed by atoms with Crippen molar-refractivity contribution in [1.82, 2.24) is 9.47 Å². The van der Waals surface area contributed by atoms with Crippen LogP contribution in [-0.4, -0.2) is 59.4 Å². The van der Waals surface area contributed by atoms with E-state index in [1.807, 2.05) is 28.8 Å². The number of rotatable bonds is 2. The van der Waals surface area contributed by atoms with Crippen LogP contribution in [0.15, 0.2) is 24.3 Å². The van der Waals surface area contributed by atoms with Gasteiger partial charge in [0.1, 0.15) is 11.8 Å². The number of anilines is 1. The Hall–Kier alpha value is -2.54. The molecule has 0 bridgehead atoms. The van der Waals surface area contributed by atoms with E-state index in [2.05, 4.69) is 0 Å². The molecule has 120 valence electrons.